The summed E-state index contributed by atoms with van der Waals surface area (Å²) in [5.74, 6) is 0.627. The Bertz CT molecular complexity index is 1140. The smallest absolute Gasteiger partial charge is 0.289 e. The van der Waals surface area contributed by atoms with Crippen molar-refractivity contribution >= 4 is 15.7 Å². The first-order chi connectivity index (χ1) is 14.9. The molecule has 1 aromatic heterocycles. The summed E-state index contributed by atoms with van der Waals surface area (Å²) in [6.45, 7) is 3.15. The minimum atomic E-state index is -3.54. The van der Waals surface area contributed by atoms with Gasteiger partial charge in [0.05, 0.1) is 4.90 Å². The summed E-state index contributed by atoms with van der Waals surface area (Å²) in [5, 5.41) is 0. The van der Waals surface area contributed by atoms with Crippen LogP contribution in [0.5, 0.6) is 0 Å². The minimum absolute atomic E-state index is 0.169. The van der Waals surface area contributed by atoms with Crippen molar-refractivity contribution < 1.29 is 17.6 Å². The van der Waals surface area contributed by atoms with Gasteiger partial charge < -0.3 is 9.32 Å². The first-order valence-electron chi connectivity index (χ1n) is 10.6. The van der Waals surface area contributed by atoms with Crippen molar-refractivity contribution in [3.8, 4) is 0 Å². The van der Waals surface area contributed by atoms with Crippen molar-refractivity contribution in [3.05, 3.63) is 89.4 Å². The van der Waals surface area contributed by atoms with E-state index >= 15 is 0 Å². The van der Waals surface area contributed by atoms with Crippen LogP contribution < -0.4 is 0 Å². The van der Waals surface area contributed by atoms with Gasteiger partial charge in [-0.15, -0.1) is 0 Å². The van der Waals surface area contributed by atoms with Crippen LogP contribution in [-0.2, 0) is 22.0 Å². The summed E-state index contributed by atoms with van der Waals surface area (Å²) in [5.41, 5.74) is 2.03. The van der Waals surface area contributed by atoms with E-state index in [4.69, 9.17) is 4.42 Å². The summed E-state index contributed by atoms with van der Waals surface area (Å²) in [4.78, 5) is 14.9. The highest BCUT2D eigenvalue weighted by atomic mass is 32.2. The lowest BCUT2D eigenvalue weighted by Crippen LogP contribution is -2.38. The van der Waals surface area contributed by atoms with Crippen LogP contribution in [-0.4, -0.2) is 32.3 Å². The SMILES string of the molecule is Cc1ccccc1S(=O)(=O)Cc1ccc(C(=O)N2CCC(Cc3ccccc3)CC2)o1. The first kappa shape index (κ1) is 21.4. The molecular formula is C25H27NO4S. The van der Waals surface area contributed by atoms with Crippen LogP contribution >= 0.6 is 0 Å². The van der Waals surface area contributed by atoms with Crippen LogP contribution in [0.2, 0.25) is 0 Å². The minimum Gasteiger partial charge on any atom is -0.455 e. The fourth-order valence-corrected chi connectivity index (χ4v) is 5.71. The number of aryl methyl sites for hydroxylation is 1. The average Bonchev–Trinajstić information content (AvgIpc) is 3.22. The zero-order chi connectivity index (χ0) is 21.8. The van der Waals surface area contributed by atoms with Gasteiger partial charge in [-0.3, -0.25) is 4.79 Å². The summed E-state index contributed by atoms with van der Waals surface area (Å²) in [6, 6.07) is 20.5. The highest BCUT2D eigenvalue weighted by Gasteiger charge is 2.26. The molecule has 0 unspecified atom stereocenters. The number of amides is 1. The van der Waals surface area contributed by atoms with E-state index in [2.05, 4.69) is 24.3 Å². The van der Waals surface area contributed by atoms with Crippen LogP contribution in [0.25, 0.3) is 0 Å². The summed E-state index contributed by atoms with van der Waals surface area (Å²) < 4.78 is 31.1. The van der Waals surface area contributed by atoms with E-state index in [1.807, 2.05) is 6.07 Å². The van der Waals surface area contributed by atoms with Crippen LogP contribution in [0, 0.1) is 12.8 Å². The Kier molecular flexibility index (Phi) is 6.28. The fourth-order valence-electron chi connectivity index (χ4n) is 4.18. The Hall–Kier alpha value is -2.86. The molecule has 6 heteroatoms. The summed E-state index contributed by atoms with van der Waals surface area (Å²) in [6.07, 6.45) is 2.94. The van der Waals surface area contributed by atoms with E-state index in [-0.39, 0.29) is 23.2 Å². The number of carbonyl (C=O) groups is 1. The summed E-state index contributed by atoms with van der Waals surface area (Å²) in [7, 11) is -3.54. The quantitative estimate of drug-likeness (QED) is 0.563. The van der Waals surface area contributed by atoms with Gasteiger partial charge in [0.15, 0.2) is 15.6 Å². The van der Waals surface area contributed by atoms with Crippen molar-refractivity contribution in [2.75, 3.05) is 13.1 Å². The van der Waals surface area contributed by atoms with Gasteiger partial charge in [-0.05, 0) is 61.4 Å². The van der Waals surface area contributed by atoms with E-state index in [0.29, 0.717) is 29.5 Å². The zero-order valence-corrected chi connectivity index (χ0v) is 18.5. The molecule has 0 atom stereocenters. The molecular weight excluding hydrogens is 410 g/mol. The zero-order valence-electron chi connectivity index (χ0n) is 17.7. The predicted molar refractivity (Wildman–Crippen MR) is 120 cm³/mol. The maximum absolute atomic E-state index is 12.9. The Morgan fingerprint density at radius 3 is 2.35 bits per heavy atom. The molecule has 4 rings (SSSR count). The number of furan rings is 1. The number of hydrogen-bond acceptors (Lipinski definition) is 4. The monoisotopic (exact) mass is 437 g/mol. The third-order valence-corrected chi connectivity index (χ3v) is 7.70. The maximum atomic E-state index is 12.9. The third kappa shape index (κ3) is 5.07. The van der Waals surface area contributed by atoms with Gasteiger partial charge in [0, 0.05) is 13.1 Å². The van der Waals surface area contributed by atoms with Gasteiger partial charge in [-0.25, -0.2) is 8.42 Å². The number of sulfone groups is 1. The van der Waals surface area contributed by atoms with E-state index in [9.17, 15) is 13.2 Å². The molecule has 31 heavy (non-hydrogen) atoms. The highest BCUT2D eigenvalue weighted by molar-refractivity contribution is 7.90. The number of carbonyl (C=O) groups excluding carboxylic acids is 1. The standard InChI is InChI=1S/C25H27NO4S/c1-19-7-5-6-10-24(19)31(28,29)18-22-11-12-23(30-22)25(27)26-15-13-21(14-16-26)17-20-8-3-2-4-9-20/h2-12,21H,13-18H2,1H3. The van der Waals surface area contributed by atoms with Crippen LogP contribution in [0.1, 0.15) is 40.3 Å². The molecule has 0 N–H and O–H groups in total. The van der Waals surface area contributed by atoms with Gasteiger partial charge >= 0.3 is 0 Å². The van der Waals surface area contributed by atoms with E-state index in [0.717, 1.165) is 19.3 Å². The van der Waals surface area contributed by atoms with Gasteiger partial charge in [0.25, 0.3) is 5.91 Å². The predicted octanol–water partition coefficient (Wildman–Crippen LogP) is 4.66. The molecule has 0 bridgehead atoms. The molecule has 1 fully saturated rings. The van der Waals surface area contributed by atoms with E-state index in [1.54, 1.807) is 48.2 Å². The average molecular weight is 438 g/mol. The third-order valence-electron chi connectivity index (χ3n) is 5.90. The lowest BCUT2D eigenvalue weighted by molar-refractivity contribution is 0.0657. The second kappa shape index (κ2) is 9.10. The van der Waals surface area contributed by atoms with Gasteiger partial charge in [0.1, 0.15) is 11.5 Å². The molecule has 1 saturated heterocycles. The summed E-state index contributed by atoms with van der Waals surface area (Å²) >= 11 is 0. The molecule has 2 heterocycles. The first-order valence-corrected chi connectivity index (χ1v) is 12.3. The van der Waals surface area contributed by atoms with E-state index < -0.39 is 9.84 Å². The Labute approximate surface area is 183 Å². The fraction of sp³-hybridized carbons (Fsp3) is 0.320. The second-order valence-electron chi connectivity index (χ2n) is 8.22. The number of piperidine rings is 1. The molecule has 1 aliphatic heterocycles. The molecule has 5 nitrogen and oxygen atoms in total. The molecule has 0 aliphatic carbocycles. The van der Waals surface area contributed by atoms with E-state index in [1.165, 1.54) is 5.56 Å². The Morgan fingerprint density at radius 2 is 1.65 bits per heavy atom. The number of nitrogens with zero attached hydrogens (tertiary/aromatic N) is 1. The van der Waals surface area contributed by atoms with Crippen molar-refractivity contribution in [2.24, 2.45) is 5.92 Å². The van der Waals surface area contributed by atoms with Crippen molar-refractivity contribution in [3.63, 3.8) is 0 Å². The second-order valence-corrected chi connectivity index (χ2v) is 10.2. The van der Waals surface area contributed by atoms with Crippen LogP contribution in [0.3, 0.4) is 0 Å². The van der Waals surface area contributed by atoms with Gasteiger partial charge in [-0.2, -0.15) is 0 Å². The molecule has 162 valence electrons. The molecule has 1 aliphatic rings. The van der Waals surface area contributed by atoms with Crippen LogP contribution in [0.15, 0.2) is 76.0 Å². The number of rotatable bonds is 6. The molecule has 0 radical (unpaired) electrons. The maximum Gasteiger partial charge on any atom is 0.289 e. The topological polar surface area (TPSA) is 67.6 Å². The van der Waals surface area contributed by atoms with Gasteiger partial charge in [0.2, 0.25) is 0 Å². The number of hydrogen-bond donors (Lipinski definition) is 0. The molecule has 1 amide bonds. The van der Waals surface area contributed by atoms with Crippen molar-refractivity contribution in [1.29, 1.82) is 0 Å². The lowest BCUT2D eigenvalue weighted by Gasteiger charge is -2.31. The lowest BCUT2D eigenvalue weighted by atomic mass is 9.90. The molecule has 3 aromatic rings. The number of likely N-dealkylation sites (tertiary alicyclic amines) is 1. The van der Waals surface area contributed by atoms with Crippen molar-refractivity contribution in [1.82, 2.24) is 4.90 Å². The molecule has 0 saturated carbocycles. The van der Waals surface area contributed by atoms with Crippen molar-refractivity contribution in [2.45, 2.75) is 36.8 Å². The largest absolute Gasteiger partial charge is 0.455 e. The highest BCUT2D eigenvalue weighted by Crippen LogP contribution is 2.25. The van der Waals surface area contributed by atoms with Crippen LogP contribution in [0.4, 0.5) is 0 Å². The molecule has 0 spiro atoms. The normalized spacial score (nSPS) is 15.2. The van der Waals surface area contributed by atoms with Gasteiger partial charge in [-0.1, -0.05) is 48.5 Å². The Morgan fingerprint density at radius 1 is 0.968 bits per heavy atom. The number of benzene rings is 2. The molecule has 2 aromatic carbocycles. The Balaban J connectivity index is 1.36.